The number of carboxylic acid groups (broad SMARTS) is 1. The molecule has 0 radical (unpaired) electrons. The Kier molecular flexibility index (Phi) is 5.54. The minimum atomic E-state index is -1.03. The van der Waals surface area contributed by atoms with Gasteiger partial charge in [-0.2, -0.15) is 4.98 Å². The van der Waals surface area contributed by atoms with Crippen LogP contribution >= 0.6 is 27.7 Å². The summed E-state index contributed by atoms with van der Waals surface area (Å²) in [5.41, 5.74) is 3.02. The summed E-state index contributed by atoms with van der Waals surface area (Å²) in [7, 11) is 0. The second kappa shape index (κ2) is 8.26. The molecule has 0 saturated carbocycles. The zero-order chi connectivity index (χ0) is 20.4. The Bertz CT molecular complexity index is 1060. The molecule has 0 bridgehead atoms. The number of nitrogens with one attached hydrogen (secondary N) is 1. The van der Waals surface area contributed by atoms with Crippen LogP contribution in [0.5, 0.6) is 11.6 Å². The number of ether oxygens (including phenoxy) is 2. The van der Waals surface area contributed by atoms with Crippen molar-refractivity contribution in [3.8, 4) is 22.9 Å². The molecule has 1 atom stereocenters. The Hall–Kier alpha value is -2.85. The standard InChI is InChI=1S/C19H15BrN4O4S/c1-29-19-22-18-16(23-24-19)13-8-11(20)4-7-14(13)21-17(28-18)10-2-5-12(6-3-10)27-9-15(25)26/h2-8,17,21H,9H2,1H3,(H,25,26)/t17-/m1/s1. The van der Waals surface area contributed by atoms with Gasteiger partial charge in [-0.15, -0.1) is 10.2 Å². The van der Waals surface area contributed by atoms with Gasteiger partial charge < -0.3 is 19.9 Å². The van der Waals surface area contributed by atoms with E-state index in [0.717, 1.165) is 21.3 Å². The number of hydrogen-bond acceptors (Lipinski definition) is 8. The lowest BCUT2D eigenvalue weighted by atomic mass is 10.1. The van der Waals surface area contributed by atoms with Crippen LogP contribution < -0.4 is 14.8 Å². The van der Waals surface area contributed by atoms with E-state index in [1.165, 1.54) is 11.8 Å². The summed E-state index contributed by atoms with van der Waals surface area (Å²) in [6.07, 6.45) is 1.34. The van der Waals surface area contributed by atoms with Gasteiger partial charge in [-0.05, 0) is 48.7 Å². The molecule has 0 spiro atoms. The number of hydrogen-bond donors (Lipinski definition) is 2. The molecule has 4 rings (SSSR count). The number of benzene rings is 2. The molecule has 2 N–H and O–H groups in total. The maximum absolute atomic E-state index is 10.7. The fourth-order valence-corrected chi connectivity index (χ4v) is 3.45. The van der Waals surface area contributed by atoms with Gasteiger partial charge in [0.25, 0.3) is 0 Å². The summed E-state index contributed by atoms with van der Waals surface area (Å²) in [5.74, 6) is -0.188. The number of nitrogens with zero attached hydrogens (tertiary/aromatic N) is 3. The van der Waals surface area contributed by atoms with Gasteiger partial charge in [-0.25, -0.2) is 4.79 Å². The zero-order valence-corrected chi connectivity index (χ0v) is 17.5. The van der Waals surface area contributed by atoms with Crippen molar-refractivity contribution in [3.05, 3.63) is 52.5 Å². The highest BCUT2D eigenvalue weighted by atomic mass is 79.9. The van der Waals surface area contributed by atoms with Crippen LogP contribution in [0.25, 0.3) is 11.3 Å². The number of anilines is 1. The predicted octanol–water partition coefficient (Wildman–Crippen LogP) is 3.99. The third-order valence-electron chi connectivity index (χ3n) is 4.12. The highest BCUT2D eigenvalue weighted by Crippen LogP contribution is 2.40. The van der Waals surface area contributed by atoms with Crippen molar-refractivity contribution in [3.63, 3.8) is 0 Å². The van der Waals surface area contributed by atoms with E-state index in [4.69, 9.17) is 14.6 Å². The molecule has 0 fully saturated rings. The number of fused-ring (bicyclic) bond motifs is 3. The smallest absolute Gasteiger partial charge is 0.341 e. The first-order valence-corrected chi connectivity index (χ1v) is 10.5. The van der Waals surface area contributed by atoms with E-state index in [2.05, 4.69) is 36.4 Å². The second-order valence-electron chi connectivity index (χ2n) is 6.04. The Morgan fingerprint density at radius 2 is 2.07 bits per heavy atom. The molecule has 0 unspecified atom stereocenters. The van der Waals surface area contributed by atoms with Crippen molar-refractivity contribution in [2.45, 2.75) is 11.4 Å². The fraction of sp³-hybridized carbons (Fsp3) is 0.158. The predicted molar refractivity (Wildman–Crippen MR) is 111 cm³/mol. The average Bonchev–Trinajstić information content (AvgIpc) is 2.88. The van der Waals surface area contributed by atoms with Gasteiger partial charge >= 0.3 is 5.97 Å². The highest BCUT2D eigenvalue weighted by molar-refractivity contribution is 9.10. The van der Waals surface area contributed by atoms with Crippen molar-refractivity contribution >= 4 is 39.3 Å². The summed E-state index contributed by atoms with van der Waals surface area (Å²) in [4.78, 5) is 15.1. The topological polar surface area (TPSA) is 106 Å². The lowest BCUT2D eigenvalue weighted by Crippen LogP contribution is -2.17. The first kappa shape index (κ1) is 19.5. The van der Waals surface area contributed by atoms with Gasteiger partial charge in [0, 0.05) is 21.3 Å². The average molecular weight is 475 g/mol. The lowest BCUT2D eigenvalue weighted by Gasteiger charge is -2.19. The molecule has 148 valence electrons. The van der Waals surface area contributed by atoms with Crippen molar-refractivity contribution in [1.29, 1.82) is 0 Å². The minimum absolute atomic E-state index is 0.380. The number of carboxylic acids is 1. The van der Waals surface area contributed by atoms with E-state index in [-0.39, 0.29) is 0 Å². The molecule has 1 aliphatic heterocycles. The third kappa shape index (κ3) is 4.28. The van der Waals surface area contributed by atoms with E-state index in [1.54, 1.807) is 12.1 Å². The van der Waals surface area contributed by atoms with Crippen LogP contribution in [0.2, 0.25) is 0 Å². The summed E-state index contributed by atoms with van der Waals surface area (Å²) < 4.78 is 12.2. The number of halogens is 1. The number of rotatable bonds is 5. The molecule has 8 nitrogen and oxygen atoms in total. The van der Waals surface area contributed by atoms with Gasteiger partial charge in [0.15, 0.2) is 18.5 Å². The lowest BCUT2D eigenvalue weighted by molar-refractivity contribution is -0.139. The summed E-state index contributed by atoms with van der Waals surface area (Å²) in [6.45, 7) is -0.396. The van der Waals surface area contributed by atoms with E-state index in [9.17, 15) is 4.79 Å². The molecule has 0 aliphatic carbocycles. The van der Waals surface area contributed by atoms with Crippen molar-refractivity contribution < 1.29 is 19.4 Å². The Balaban J connectivity index is 1.70. The Morgan fingerprint density at radius 1 is 1.28 bits per heavy atom. The number of thioether (sulfide) groups is 1. The van der Waals surface area contributed by atoms with Crippen LogP contribution in [-0.4, -0.2) is 39.1 Å². The van der Waals surface area contributed by atoms with E-state index in [1.807, 2.05) is 36.6 Å². The molecule has 2 aromatic carbocycles. The normalized spacial score (nSPS) is 14.6. The number of aliphatic carboxylic acids is 1. The first-order chi connectivity index (χ1) is 14.0. The van der Waals surface area contributed by atoms with Crippen LogP contribution in [0, 0.1) is 0 Å². The highest BCUT2D eigenvalue weighted by Gasteiger charge is 2.26. The van der Waals surface area contributed by atoms with Gasteiger partial charge in [0.2, 0.25) is 11.0 Å². The summed E-state index contributed by atoms with van der Waals surface area (Å²) in [5, 5.41) is 21.1. The number of aromatic nitrogens is 3. The molecule has 29 heavy (non-hydrogen) atoms. The van der Waals surface area contributed by atoms with Gasteiger partial charge in [-0.3, -0.25) is 0 Å². The first-order valence-electron chi connectivity index (χ1n) is 8.50. The minimum Gasteiger partial charge on any atom is -0.482 e. The maximum atomic E-state index is 10.7. The van der Waals surface area contributed by atoms with Crippen LogP contribution in [-0.2, 0) is 4.79 Å². The van der Waals surface area contributed by atoms with E-state index >= 15 is 0 Å². The van der Waals surface area contributed by atoms with Gasteiger partial charge in [0.1, 0.15) is 5.75 Å². The van der Waals surface area contributed by atoms with E-state index < -0.39 is 18.8 Å². The van der Waals surface area contributed by atoms with Crippen LogP contribution in [0.4, 0.5) is 5.69 Å². The van der Waals surface area contributed by atoms with Gasteiger partial charge in [-0.1, -0.05) is 27.7 Å². The molecule has 0 amide bonds. The SMILES string of the molecule is CSc1nnc2c(n1)O[C@H](c1ccc(OCC(=O)O)cc1)Nc1ccc(Br)cc1-2. The fourth-order valence-electron chi connectivity index (χ4n) is 2.79. The molecule has 1 aromatic heterocycles. The van der Waals surface area contributed by atoms with Crippen LogP contribution in [0.1, 0.15) is 11.8 Å². The summed E-state index contributed by atoms with van der Waals surface area (Å²) in [6, 6.07) is 12.8. The Labute approximate surface area is 178 Å². The number of carbonyl (C=O) groups is 1. The van der Waals surface area contributed by atoms with E-state index in [0.29, 0.717) is 22.5 Å². The second-order valence-corrected chi connectivity index (χ2v) is 7.72. The molecular weight excluding hydrogens is 460 g/mol. The molecule has 1 aliphatic rings. The third-order valence-corrected chi connectivity index (χ3v) is 5.15. The van der Waals surface area contributed by atoms with Crippen molar-refractivity contribution in [1.82, 2.24) is 15.2 Å². The molecule has 10 heteroatoms. The molecular formula is C19H15BrN4O4S. The van der Waals surface area contributed by atoms with Gasteiger partial charge in [0.05, 0.1) is 0 Å². The van der Waals surface area contributed by atoms with Crippen LogP contribution in [0.15, 0.2) is 52.1 Å². The molecule has 2 heterocycles. The monoisotopic (exact) mass is 474 g/mol. The van der Waals surface area contributed by atoms with Crippen molar-refractivity contribution in [2.24, 2.45) is 0 Å². The maximum Gasteiger partial charge on any atom is 0.341 e. The largest absolute Gasteiger partial charge is 0.482 e. The zero-order valence-electron chi connectivity index (χ0n) is 15.1. The van der Waals surface area contributed by atoms with Crippen LogP contribution in [0.3, 0.4) is 0 Å². The molecule has 3 aromatic rings. The summed E-state index contributed by atoms with van der Waals surface area (Å²) >= 11 is 4.87. The Morgan fingerprint density at radius 3 is 2.79 bits per heavy atom. The molecule has 0 saturated heterocycles. The quantitative estimate of drug-likeness (QED) is 0.530. The van der Waals surface area contributed by atoms with Crippen molar-refractivity contribution in [2.75, 3.05) is 18.2 Å².